The summed E-state index contributed by atoms with van der Waals surface area (Å²) in [5, 5.41) is 3.83. The fraction of sp³-hybridized carbons (Fsp3) is 0.588. The summed E-state index contributed by atoms with van der Waals surface area (Å²) in [7, 11) is 0. The number of benzene rings is 1. The van der Waals surface area contributed by atoms with E-state index in [9.17, 15) is 4.79 Å². The standard InChI is InChI=1S/C17H25NOS/c1-14(20-16-10-6-3-7-11-16)17(19)18-13-12-15-8-4-2-5-9-15/h2,4-5,8-9,14,16H,3,6-7,10-13H2,1H3,(H,18,19). The SMILES string of the molecule is CC(SC1CCCCC1)C(=O)NCCc1ccccc1. The number of carbonyl (C=O) groups is 1. The monoisotopic (exact) mass is 291 g/mol. The maximum atomic E-state index is 12.1. The van der Waals surface area contributed by atoms with Crippen molar-refractivity contribution in [2.75, 3.05) is 6.54 Å². The summed E-state index contributed by atoms with van der Waals surface area (Å²) in [5.74, 6) is 0.191. The predicted octanol–water partition coefficient (Wildman–Crippen LogP) is 3.80. The molecule has 1 N–H and O–H groups in total. The van der Waals surface area contributed by atoms with E-state index in [1.165, 1.54) is 37.7 Å². The zero-order valence-electron chi connectivity index (χ0n) is 12.3. The zero-order valence-corrected chi connectivity index (χ0v) is 13.1. The number of rotatable bonds is 6. The molecule has 2 nitrogen and oxygen atoms in total. The van der Waals surface area contributed by atoms with Crippen LogP contribution in [0.5, 0.6) is 0 Å². The van der Waals surface area contributed by atoms with Gasteiger partial charge in [-0.15, -0.1) is 11.8 Å². The lowest BCUT2D eigenvalue weighted by atomic mass is 10.0. The van der Waals surface area contributed by atoms with E-state index in [0.29, 0.717) is 5.25 Å². The van der Waals surface area contributed by atoms with E-state index in [2.05, 4.69) is 17.4 Å². The third kappa shape index (κ3) is 5.20. The van der Waals surface area contributed by atoms with Gasteiger partial charge in [-0.1, -0.05) is 49.6 Å². The largest absolute Gasteiger partial charge is 0.355 e. The van der Waals surface area contributed by atoms with Gasteiger partial charge in [0.15, 0.2) is 0 Å². The minimum absolute atomic E-state index is 0.0777. The molecule has 20 heavy (non-hydrogen) atoms. The van der Waals surface area contributed by atoms with Crippen LogP contribution in [0.25, 0.3) is 0 Å². The predicted molar refractivity (Wildman–Crippen MR) is 87.1 cm³/mol. The molecule has 0 spiro atoms. The first kappa shape index (κ1) is 15.4. The van der Waals surface area contributed by atoms with Gasteiger partial charge in [-0.2, -0.15) is 0 Å². The molecular formula is C17H25NOS. The van der Waals surface area contributed by atoms with Crippen molar-refractivity contribution in [2.45, 2.75) is 55.9 Å². The first-order valence-corrected chi connectivity index (χ1v) is 8.67. The molecule has 1 fully saturated rings. The Bertz CT molecular complexity index is 401. The van der Waals surface area contributed by atoms with Crippen LogP contribution in [-0.2, 0) is 11.2 Å². The maximum absolute atomic E-state index is 12.1. The van der Waals surface area contributed by atoms with E-state index in [-0.39, 0.29) is 11.2 Å². The third-order valence-corrected chi connectivity index (χ3v) is 5.35. The highest BCUT2D eigenvalue weighted by molar-refractivity contribution is 8.01. The van der Waals surface area contributed by atoms with Crippen molar-refractivity contribution in [3.8, 4) is 0 Å². The molecule has 0 radical (unpaired) electrons. The van der Waals surface area contributed by atoms with Gasteiger partial charge in [0.2, 0.25) is 5.91 Å². The number of carbonyl (C=O) groups excluding carboxylic acids is 1. The second-order valence-corrected chi connectivity index (χ2v) is 7.21. The summed E-state index contributed by atoms with van der Waals surface area (Å²) in [6, 6.07) is 10.3. The van der Waals surface area contributed by atoms with E-state index in [4.69, 9.17) is 0 Å². The second-order valence-electron chi connectivity index (χ2n) is 5.56. The van der Waals surface area contributed by atoms with E-state index in [1.54, 1.807) is 0 Å². The molecule has 2 rings (SSSR count). The lowest BCUT2D eigenvalue weighted by Gasteiger charge is -2.23. The summed E-state index contributed by atoms with van der Waals surface area (Å²) in [6.07, 6.45) is 7.51. The van der Waals surface area contributed by atoms with Gasteiger partial charge in [0.25, 0.3) is 0 Å². The quantitative estimate of drug-likeness (QED) is 0.863. The molecule has 0 saturated heterocycles. The summed E-state index contributed by atoms with van der Waals surface area (Å²) < 4.78 is 0. The molecule has 1 aliphatic carbocycles. The number of thioether (sulfide) groups is 1. The summed E-state index contributed by atoms with van der Waals surface area (Å²) in [6.45, 7) is 2.77. The van der Waals surface area contributed by atoms with Gasteiger partial charge < -0.3 is 5.32 Å². The Morgan fingerprint density at radius 1 is 1.25 bits per heavy atom. The molecule has 1 unspecified atom stereocenters. The highest BCUT2D eigenvalue weighted by atomic mass is 32.2. The summed E-state index contributed by atoms with van der Waals surface area (Å²) in [4.78, 5) is 12.1. The normalized spacial score (nSPS) is 17.6. The van der Waals surface area contributed by atoms with Crippen LogP contribution in [0.1, 0.15) is 44.6 Å². The molecule has 0 aliphatic heterocycles. The smallest absolute Gasteiger partial charge is 0.232 e. The van der Waals surface area contributed by atoms with E-state index < -0.39 is 0 Å². The Balaban J connectivity index is 1.65. The number of hydrogen-bond acceptors (Lipinski definition) is 2. The van der Waals surface area contributed by atoms with E-state index >= 15 is 0 Å². The van der Waals surface area contributed by atoms with E-state index in [1.807, 2.05) is 36.9 Å². The highest BCUT2D eigenvalue weighted by Crippen LogP contribution is 2.30. The van der Waals surface area contributed by atoms with Crippen molar-refractivity contribution >= 4 is 17.7 Å². The lowest BCUT2D eigenvalue weighted by Crippen LogP contribution is -2.33. The Kier molecular flexibility index (Phi) is 6.44. The van der Waals surface area contributed by atoms with Crippen molar-refractivity contribution in [1.29, 1.82) is 0 Å². The Hall–Kier alpha value is -0.960. The number of nitrogens with one attached hydrogen (secondary N) is 1. The molecule has 110 valence electrons. The highest BCUT2D eigenvalue weighted by Gasteiger charge is 2.20. The van der Waals surface area contributed by atoms with Crippen molar-refractivity contribution in [3.05, 3.63) is 35.9 Å². The summed E-state index contributed by atoms with van der Waals surface area (Å²) >= 11 is 1.86. The molecule has 1 aromatic rings. The van der Waals surface area contributed by atoms with Crippen LogP contribution in [0.4, 0.5) is 0 Å². The van der Waals surface area contributed by atoms with Crippen LogP contribution < -0.4 is 5.32 Å². The maximum Gasteiger partial charge on any atom is 0.232 e. The summed E-state index contributed by atoms with van der Waals surface area (Å²) in [5.41, 5.74) is 1.28. The second kappa shape index (κ2) is 8.35. The minimum atomic E-state index is 0.0777. The van der Waals surface area contributed by atoms with Gasteiger partial charge in [0, 0.05) is 11.8 Å². The van der Waals surface area contributed by atoms with Crippen LogP contribution in [0.2, 0.25) is 0 Å². The molecule has 0 bridgehead atoms. The fourth-order valence-corrected chi connectivity index (χ4v) is 4.06. The zero-order chi connectivity index (χ0) is 14.2. The van der Waals surface area contributed by atoms with Crippen molar-refractivity contribution < 1.29 is 4.79 Å². The third-order valence-electron chi connectivity index (χ3n) is 3.87. The topological polar surface area (TPSA) is 29.1 Å². The molecule has 1 atom stereocenters. The van der Waals surface area contributed by atoms with Crippen molar-refractivity contribution in [1.82, 2.24) is 5.32 Å². The van der Waals surface area contributed by atoms with Crippen LogP contribution in [0, 0.1) is 0 Å². The molecule has 1 aliphatic rings. The van der Waals surface area contributed by atoms with Gasteiger partial charge in [0.05, 0.1) is 5.25 Å². The lowest BCUT2D eigenvalue weighted by molar-refractivity contribution is -0.120. The van der Waals surface area contributed by atoms with Crippen LogP contribution in [-0.4, -0.2) is 23.0 Å². The first-order valence-electron chi connectivity index (χ1n) is 7.73. The van der Waals surface area contributed by atoms with E-state index in [0.717, 1.165) is 13.0 Å². The van der Waals surface area contributed by atoms with Crippen LogP contribution in [0.3, 0.4) is 0 Å². The first-order chi connectivity index (χ1) is 9.75. The molecule has 0 aromatic heterocycles. The average molecular weight is 291 g/mol. The molecule has 1 saturated carbocycles. The van der Waals surface area contributed by atoms with Gasteiger partial charge in [-0.25, -0.2) is 0 Å². The van der Waals surface area contributed by atoms with Crippen LogP contribution >= 0.6 is 11.8 Å². The van der Waals surface area contributed by atoms with Gasteiger partial charge in [0.1, 0.15) is 0 Å². The Morgan fingerprint density at radius 2 is 1.95 bits per heavy atom. The van der Waals surface area contributed by atoms with Gasteiger partial charge >= 0.3 is 0 Å². The number of hydrogen-bond donors (Lipinski definition) is 1. The van der Waals surface area contributed by atoms with Gasteiger partial charge in [-0.05, 0) is 31.7 Å². The number of amides is 1. The Labute approximate surface area is 126 Å². The molecule has 0 heterocycles. The fourth-order valence-electron chi connectivity index (χ4n) is 2.67. The minimum Gasteiger partial charge on any atom is -0.355 e. The Morgan fingerprint density at radius 3 is 2.65 bits per heavy atom. The average Bonchev–Trinajstić information content (AvgIpc) is 2.49. The van der Waals surface area contributed by atoms with Gasteiger partial charge in [-0.3, -0.25) is 4.79 Å². The van der Waals surface area contributed by atoms with Crippen molar-refractivity contribution in [3.63, 3.8) is 0 Å². The van der Waals surface area contributed by atoms with Crippen LogP contribution in [0.15, 0.2) is 30.3 Å². The molecule has 1 aromatic carbocycles. The molecule has 3 heteroatoms. The van der Waals surface area contributed by atoms with Crippen molar-refractivity contribution in [2.24, 2.45) is 0 Å². The molecule has 1 amide bonds. The molecular weight excluding hydrogens is 266 g/mol.